The molecule has 0 aliphatic heterocycles. The van der Waals surface area contributed by atoms with E-state index in [0.29, 0.717) is 12.3 Å². The van der Waals surface area contributed by atoms with Gasteiger partial charge in [0.05, 0.1) is 5.54 Å². The number of nitrogens with two attached hydrogens (primary N) is 1. The first kappa shape index (κ1) is 15.2. The van der Waals surface area contributed by atoms with Crippen molar-refractivity contribution in [2.24, 2.45) is 11.7 Å². The molecule has 2 aromatic heterocycles. The molecule has 1 amide bonds. The van der Waals surface area contributed by atoms with E-state index < -0.39 is 5.54 Å². The Kier molecular flexibility index (Phi) is 4.37. The van der Waals surface area contributed by atoms with E-state index in [1.807, 2.05) is 20.8 Å². The lowest BCUT2D eigenvalue weighted by Crippen LogP contribution is -2.55. The minimum absolute atomic E-state index is 0.206. The zero-order valence-corrected chi connectivity index (χ0v) is 12.5. The largest absolute Gasteiger partial charge is 0.355 e. The highest BCUT2D eigenvalue weighted by Crippen LogP contribution is 2.20. The van der Waals surface area contributed by atoms with Crippen LogP contribution in [0.3, 0.4) is 0 Å². The van der Waals surface area contributed by atoms with E-state index in [1.165, 1.54) is 0 Å². The molecule has 0 saturated carbocycles. The number of carbonyl (C=O) groups excluding carboxylic acids is 1. The van der Waals surface area contributed by atoms with Crippen molar-refractivity contribution >= 4 is 5.91 Å². The zero-order chi connectivity index (χ0) is 15.5. The van der Waals surface area contributed by atoms with Crippen LogP contribution in [-0.2, 0) is 0 Å². The second-order valence-electron chi connectivity index (χ2n) is 5.54. The molecule has 0 bridgehead atoms. The van der Waals surface area contributed by atoms with Crippen molar-refractivity contribution in [1.29, 1.82) is 0 Å². The van der Waals surface area contributed by atoms with Crippen LogP contribution >= 0.6 is 0 Å². The topological polar surface area (TPSA) is 94.0 Å². The minimum atomic E-state index is -0.479. The third kappa shape index (κ3) is 3.28. The Bertz CT molecular complexity index is 609. The van der Waals surface area contributed by atoms with Gasteiger partial charge in [0.15, 0.2) is 11.5 Å². The molecule has 0 saturated heterocycles. The summed E-state index contributed by atoms with van der Waals surface area (Å²) >= 11 is 0. The first-order valence-electron chi connectivity index (χ1n) is 6.86. The van der Waals surface area contributed by atoms with E-state index >= 15 is 0 Å². The molecule has 6 heteroatoms. The van der Waals surface area contributed by atoms with Gasteiger partial charge in [-0.1, -0.05) is 19.0 Å². The molecule has 0 spiro atoms. The Morgan fingerprint density at radius 2 is 2.10 bits per heavy atom. The zero-order valence-electron chi connectivity index (χ0n) is 12.5. The lowest BCUT2D eigenvalue weighted by atomic mass is 9.88. The van der Waals surface area contributed by atoms with Gasteiger partial charge in [0.2, 0.25) is 0 Å². The van der Waals surface area contributed by atoms with Gasteiger partial charge in [0.1, 0.15) is 0 Å². The fourth-order valence-electron chi connectivity index (χ4n) is 1.79. The Balaban J connectivity index is 2.16. The van der Waals surface area contributed by atoms with Gasteiger partial charge < -0.3 is 15.6 Å². The van der Waals surface area contributed by atoms with Crippen LogP contribution in [0.1, 0.15) is 31.3 Å². The Hall–Kier alpha value is -2.21. The van der Waals surface area contributed by atoms with Crippen LogP contribution in [0.2, 0.25) is 0 Å². The van der Waals surface area contributed by atoms with E-state index in [9.17, 15) is 4.79 Å². The summed E-state index contributed by atoms with van der Waals surface area (Å²) in [6.07, 6.45) is 3.31. The molecular formula is C15H20N4O2. The van der Waals surface area contributed by atoms with Crippen LogP contribution < -0.4 is 11.1 Å². The second-order valence-corrected chi connectivity index (χ2v) is 5.54. The molecule has 2 rings (SSSR count). The number of aromatic nitrogens is 2. The van der Waals surface area contributed by atoms with Crippen LogP contribution in [0.15, 0.2) is 35.1 Å². The number of rotatable bonds is 5. The Labute approximate surface area is 123 Å². The first-order valence-corrected chi connectivity index (χ1v) is 6.86. The normalized spacial score (nSPS) is 14.0. The molecule has 0 radical (unpaired) electrons. The Morgan fingerprint density at radius 1 is 1.43 bits per heavy atom. The van der Waals surface area contributed by atoms with Gasteiger partial charge in [0, 0.05) is 30.6 Å². The van der Waals surface area contributed by atoms with Gasteiger partial charge in [0.25, 0.3) is 5.91 Å². The van der Waals surface area contributed by atoms with Crippen molar-refractivity contribution in [3.63, 3.8) is 0 Å². The maximum atomic E-state index is 12.3. The molecule has 2 aromatic rings. The fourth-order valence-corrected chi connectivity index (χ4v) is 1.79. The second kappa shape index (κ2) is 6.05. The molecule has 6 nitrogen and oxygen atoms in total. The molecule has 3 N–H and O–H groups in total. The summed E-state index contributed by atoms with van der Waals surface area (Å²) in [4.78, 5) is 16.2. The van der Waals surface area contributed by atoms with Gasteiger partial charge in [-0.2, -0.15) is 0 Å². The fraction of sp³-hybridized carbons (Fsp3) is 0.400. The van der Waals surface area contributed by atoms with Crippen molar-refractivity contribution in [1.82, 2.24) is 15.5 Å². The summed E-state index contributed by atoms with van der Waals surface area (Å²) in [6.45, 7) is 6.29. The molecule has 112 valence electrons. The molecule has 1 unspecified atom stereocenters. The van der Waals surface area contributed by atoms with Crippen LogP contribution in [0.25, 0.3) is 11.3 Å². The smallest absolute Gasteiger partial charge is 0.273 e. The highest BCUT2D eigenvalue weighted by Gasteiger charge is 2.30. The SMILES string of the molecule is CC(C)C(C)(CN)NC(=O)c1cc(-c2ccncc2)on1. The predicted molar refractivity (Wildman–Crippen MR) is 79.5 cm³/mol. The number of nitrogens with zero attached hydrogens (tertiary/aromatic N) is 2. The molecule has 0 aromatic carbocycles. The summed E-state index contributed by atoms with van der Waals surface area (Å²) in [6, 6.07) is 5.20. The van der Waals surface area contributed by atoms with E-state index in [0.717, 1.165) is 5.56 Å². The van der Waals surface area contributed by atoms with E-state index in [2.05, 4.69) is 15.5 Å². The number of hydrogen-bond acceptors (Lipinski definition) is 5. The van der Waals surface area contributed by atoms with Crippen molar-refractivity contribution in [3.05, 3.63) is 36.3 Å². The first-order chi connectivity index (χ1) is 9.96. The standard InChI is InChI=1S/C15H20N4O2/c1-10(2)15(3,9-16)18-14(20)12-8-13(21-19-12)11-4-6-17-7-5-11/h4-8,10H,9,16H2,1-3H3,(H,18,20). The summed E-state index contributed by atoms with van der Waals surface area (Å²) in [7, 11) is 0. The lowest BCUT2D eigenvalue weighted by molar-refractivity contribution is 0.0874. The molecular weight excluding hydrogens is 268 g/mol. The quantitative estimate of drug-likeness (QED) is 0.875. The van der Waals surface area contributed by atoms with Crippen LogP contribution in [0.5, 0.6) is 0 Å². The average Bonchev–Trinajstić information content (AvgIpc) is 2.97. The molecule has 2 heterocycles. The van der Waals surface area contributed by atoms with Crippen LogP contribution in [0.4, 0.5) is 0 Å². The summed E-state index contributed by atoms with van der Waals surface area (Å²) in [5.74, 6) is 0.445. The van der Waals surface area contributed by atoms with Crippen molar-refractivity contribution < 1.29 is 9.32 Å². The van der Waals surface area contributed by atoms with Crippen LogP contribution in [-0.4, -0.2) is 28.1 Å². The monoisotopic (exact) mass is 288 g/mol. The Morgan fingerprint density at radius 3 is 2.67 bits per heavy atom. The molecule has 0 aliphatic rings. The average molecular weight is 288 g/mol. The number of amides is 1. The molecule has 0 fully saturated rings. The van der Waals surface area contributed by atoms with E-state index in [4.69, 9.17) is 10.3 Å². The van der Waals surface area contributed by atoms with Crippen LogP contribution in [0, 0.1) is 5.92 Å². The predicted octanol–water partition coefficient (Wildman–Crippen LogP) is 1.84. The number of hydrogen-bond donors (Lipinski definition) is 2. The van der Waals surface area contributed by atoms with Crippen molar-refractivity contribution in [2.45, 2.75) is 26.3 Å². The number of pyridine rings is 1. The van der Waals surface area contributed by atoms with E-state index in [-0.39, 0.29) is 17.5 Å². The maximum Gasteiger partial charge on any atom is 0.273 e. The highest BCUT2D eigenvalue weighted by atomic mass is 16.5. The third-order valence-electron chi connectivity index (χ3n) is 3.81. The summed E-state index contributed by atoms with van der Waals surface area (Å²) < 4.78 is 5.21. The molecule has 0 aliphatic carbocycles. The minimum Gasteiger partial charge on any atom is -0.355 e. The van der Waals surface area contributed by atoms with Gasteiger partial charge in [-0.05, 0) is 25.0 Å². The summed E-state index contributed by atoms with van der Waals surface area (Å²) in [5.41, 5.74) is 6.35. The lowest BCUT2D eigenvalue weighted by Gasteiger charge is -2.33. The third-order valence-corrected chi connectivity index (χ3v) is 3.81. The summed E-state index contributed by atoms with van der Waals surface area (Å²) in [5, 5.41) is 6.75. The number of carbonyl (C=O) groups is 1. The molecule has 1 atom stereocenters. The maximum absolute atomic E-state index is 12.3. The van der Waals surface area contributed by atoms with E-state index in [1.54, 1.807) is 30.6 Å². The van der Waals surface area contributed by atoms with Crippen molar-refractivity contribution in [2.75, 3.05) is 6.54 Å². The van der Waals surface area contributed by atoms with Gasteiger partial charge in [-0.3, -0.25) is 9.78 Å². The van der Waals surface area contributed by atoms with Gasteiger partial charge in [-0.25, -0.2) is 0 Å². The molecule has 21 heavy (non-hydrogen) atoms. The van der Waals surface area contributed by atoms with Gasteiger partial charge >= 0.3 is 0 Å². The van der Waals surface area contributed by atoms with Gasteiger partial charge in [-0.15, -0.1) is 0 Å². The van der Waals surface area contributed by atoms with Crippen molar-refractivity contribution in [3.8, 4) is 11.3 Å². The highest BCUT2D eigenvalue weighted by molar-refractivity contribution is 5.93. The number of nitrogens with one attached hydrogen (secondary N) is 1.